The van der Waals surface area contributed by atoms with Crippen LogP contribution < -0.4 is 16.2 Å². The van der Waals surface area contributed by atoms with Crippen molar-refractivity contribution < 1.29 is 24.2 Å². The molecule has 4 rings (SSSR count). The maximum absolute atomic E-state index is 13.8. The molecule has 1 unspecified atom stereocenters. The molecular formula is C27H31N5O5. The van der Waals surface area contributed by atoms with E-state index in [4.69, 9.17) is 16.2 Å². The molecule has 2 amide bonds. The lowest BCUT2D eigenvalue weighted by atomic mass is 9.95. The van der Waals surface area contributed by atoms with E-state index in [0.29, 0.717) is 24.5 Å². The molecule has 0 aliphatic carbocycles. The van der Waals surface area contributed by atoms with Gasteiger partial charge in [0.25, 0.3) is 0 Å². The fourth-order valence-electron chi connectivity index (χ4n) is 4.85. The minimum absolute atomic E-state index is 0.00197. The van der Waals surface area contributed by atoms with Crippen molar-refractivity contribution in [3.8, 4) is 5.75 Å². The molecule has 1 aliphatic rings. The average Bonchev–Trinajstić information content (AvgIpc) is 3.29. The van der Waals surface area contributed by atoms with Gasteiger partial charge in [-0.2, -0.15) is 0 Å². The quantitative estimate of drug-likeness (QED) is 0.417. The van der Waals surface area contributed by atoms with Gasteiger partial charge in [-0.1, -0.05) is 24.3 Å². The Balaban J connectivity index is 1.63. The molecule has 0 spiro atoms. The Labute approximate surface area is 214 Å². The second kappa shape index (κ2) is 10.9. The largest absolute Gasteiger partial charge is 0.497 e. The lowest BCUT2D eigenvalue weighted by molar-refractivity contribution is -0.149. The van der Waals surface area contributed by atoms with E-state index < -0.39 is 29.9 Å². The Bertz CT molecular complexity index is 1310. The molecule has 0 radical (unpaired) electrons. The predicted octanol–water partition coefficient (Wildman–Crippen LogP) is 1.97. The van der Waals surface area contributed by atoms with E-state index in [0.717, 1.165) is 26.8 Å². The van der Waals surface area contributed by atoms with Gasteiger partial charge < -0.3 is 21.3 Å². The second-order valence-corrected chi connectivity index (χ2v) is 9.35. The van der Waals surface area contributed by atoms with E-state index in [1.54, 1.807) is 36.4 Å². The number of anilines is 1. The smallest absolute Gasteiger partial charge is 0.317 e. The van der Waals surface area contributed by atoms with Gasteiger partial charge in [0.05, 0.1) is 32.3 Å². The highest BCUT2D eigenvalue weighted by Crippen LogP contribution is 2.34. The summed E-state index contributed by atoms with van der Waals surface area (Å²) >= 11 is 0. The molecule has 2 aromatic carbocycles. The molecule has 0 saturated carbocycles. The minimum Gasteiger partial charge on any atom is -0.497 e. The summed E-state index contributed by atoms with van der Waals surface area (Å²) < 4.78 is 5.23. The fourth-order valence-corrected chi connectivity index (χ4v) is 4.85. The van der Waals surface area contributed by atoms with E-state index in [1.807, 2.05) is 30.3 Å². The van der Waals surface area contributed by atoms with Gasteiger partial charge in [0.2, 0.25) is 11.8 Å². The van der Waals surface area contributed by atoms with E-state index in [-0.39, 0.29) is 19.0 Å². The third-order valence-electron chi connectivity index (χ3n) is 6.74. The number of imide groups is 1. The van der Waals surface area contributed by atoms with Crippen molar-refractivity contribution in [1.29, 1.82) is 0 Å². The Hall–Kier alpha value is -4.02. The number of carbonyl (C=O) groups is 3. The number of carbonyl (C=O) groups excluding carboxylic acids is 2. The second-order valence-electron chi connectivity index (χ2n) is 9.35. The van der Waals surface area contributed by atoms with Crippen molar-refractivity contribution in [2.24, 2.45) is 5.73 Å². The number of hydrogen-bond acceptors (Lipinski definition) is 8. The predicted molar refractivity (Wildman–Crippen MR) is 139 cm³/mol. The van der Waals surface area contributed by atoms with E-state index >= 15 is 0 Å². The molecule has 5 N–H and O–H groups in total. The number of ether oxygens (including phenoxy) is 1. The van der Waals surface area contributed by atoms with Gasteiger partial charge in [-0.25, -0.2) is 4.98 Å². The lowest BCUT2D eigenvalue weighted by Crippen LogP contribution is -2.52. The van der Waals surface area contributed by atoms with Crippen molar-refractivity contribution in [3.63, 3.8) is 0 Å². The SMILES string of the molecule is COc1ccc(C2C[C@@H](C(=O)N(Cc3ccc4c(N)nccc4c3)C(=O)[C@H](C)N)N(CC(=O)O)C2)cc1. The number of pyridine rings is 1. The van der Waals surface area contributed by atoms with Gasteiger partial charge in [0, 0.05) is 18.1 Å². The van der Waals surface area contributed by atoms with Crippen LogP contribution in [0, 0.1) is 0 Å². The number of benzene rings is 2. The van der Waals surface area contributed by atoms with Gasteiger partial charge in [0.15, 0.2) is 0 Å². The number of nitrogens with zero attached hydrogens (tertiary/aromatic N) is 3. The van der Waals surface area contributed by atoms with Crippen molar-refractivity contribution in [1.82, 2.24) is 14.8 Å². The van der Waals surface area contributed by atoms with Gasteiger partial charge in [-0.05, 0) is 60.0 Å². The molecule has 1 saturated heterocycles. The molecule has 1 aromatic heterocycles. The highest BCUT2D eigenvalue weighted by atomic mass is 16.5. The summed E-state index contributed by atoms with van der Waals surface area (Å²) in [4.78, 5) is 45.4. The van der Waals surface area contributed by atoms with Crippen LogP contribution in [0.4, 0.5) is 5.82 Å². The fraction of sp³-hybridized carbons (Fsp3) is 0.333. The maximum atomic E-state index is 13.8. The van der Waals surface area contributed by atoms with Crippen LogP contribution in [-0.2, 0) is 20.9 Å². The number of methoxy groups -OCH3 is 1. The number of amides is 2. The summed E-state index contributed by atoms with van der Waals surface area (Å²) in [5, 5.41) is 11.1. The zero-order chi connectivity index (χ0) is 26.7. The summed E-state index contributed by atoms with van der Waals surface area (Å²) in [6, 6.07) is 13.1. The summed E-state index contributed by atoms with van der Waals surface area (Å²) in [6.07, 6.45) is 1.97. The Morgan fingerprint density at radius 2 is 1.92 bits per heavy atom. The van der Waals surface area contributed by atoms with Crippen LogP contribution in [-0.4, -0.2) is 70.0 Å². The molecular weight excluding hydrogens is 474 g/mol. The van der Waals surface area contributed by atoms with Crippen molar-refractivity contribution in [2.45, 2.75) is 37.9 Å². The monoisotopic (exact) mass is 505 g/mol. The normalized spacial score (nSPS) is 18.5. The van der Waals surface area contributed by atoms with Crippen molar-refractivity contribution in [2.75, 3.05) is 25.9 Å². The number of fused-ring (bicyclic) bond motifs is 1. The summed E-state index contributed by atoms with van der Waals surface area (Å²) in [5.74, 6) is -1.01. The molecule has 10 nitrogen and oxygen atoms in total. The van der Waals surface area contributed by atoms with Crippen molar-refractivity contribution in [3.05, 3.63) is 65.9 Å². The third kappa shape index (κ3) is 5.71. The summed E-state index contributed by atoms with van der Waals surface area (Å²) in [5.41, 5.74) is 13.5. The molecule has 1 aliphatic heterocycles. The molecule has 194 valence electrons. The van der Waals surface area contributed by atoms with Crippen LogP contribution in [0.5, 0.6) is 5.75 Å². The lowest BCUT2D eigenvalue weighted by Gasteiger charge is -2.29. The number of likely N-dealkylation sites (tertiary alicyclic amines) is 1. The first-order valence-electron chi connectivity index (χ1n) is 12.0. The first-order chi connectivity index (χ1) is 17.7. The van der Waals surface area contributed by atoms with Crippen LogP contribution in [0.2, 0.25) is 0 Å². The Morgan fingerprint density at radius 3 is 2.57 bits per heavy atom. The number of rotatable bonds is 8. The molecule has 3 atom stereocenters. The number of nitrogens with two attached hydrogens (primary N) is 2. The summed E-state index contributed by atoms with van der Waals surface area (Å²) in [7, 11) is 1.58. The molecule has 37 heavy (non-hydrogen) atoms. The zero-order valence-corrected chi connectivity index (χ0v) is 20.8. The number of nitrogen functional groups attached to an aromatic ring is 1. The van der Waals surface area contributed by atoms with Crippen LogP contribution in [0.15, 0.2) is 54.7 Å². The Morgan fingerprint density at radius 1 is 1.19 bits per heavy atom. The first kappa shape index (κ1) is 26.1. The summed E-state index contributed by atoms with van der Waals surface area (Å²) in [6.45, 7) is 1.59. The zero-order valence-electron chi connectivity index (χ0n) is 20.8. The van der Waals surface area contributed by atoms with E-state index in [2.05, 4.69) is 4.98 Å². The van der Waals surface area contributed by atoms with Gasteiger partial charge in [-0.15, -0.1) is 0 Å². The van der Waals surface area contributed by atoms with Gasteiger partial charge in [0.1, 0.15) is 11.6 Å². The van der Waals surface area contributed by atoms with E-state index in [9.17, 15) is 19.5 Å². The van der Waals surface area contributed by atoms with Crippen LogP contribution in [0.3, 0.4) is 0 Å². The highest BCUT2D eigenvalue weighted by Gasteiger charge is 2.42. The highest BCUT2D eigenvalue weighted by molar-refractivity contribution is 6.00. The molecule has 3 aromatic rings. The van der Waals surface area contributed by atoms with Gasteiger partial charge >= 0.3 is 5.97 Å². The maximum Gasteiger partial charge on any atom is 0.317 e. The number of hydrogen-bond donors (Lipinski definition) is 3. The molecule has 0 bridgehead atoms. The topological polar surface area (TPSA) is 152 Å². The standard InChI is InChI=1S/C27H31N5O5/c1-16(28)26(35)32(13-17-3-8-22-19(11-17)9-10-30-25(22)29)27(36)23-12-20(14-31(23)15-24(33)34)18-4-6-21(37-2)7-5-18/h3-11,16,20,23H,12-15,28H2,1-2H3,(H2,29,30)(H,33,34)/t16-,20?,23-/m0/s1. The Kier molecular flexibility index (Phi) is 7.70. The van der Waals surface area contributed by atoms with Crippen LogP contribution >= 0.6 is 0 Å². The van der Waals surface area contributed by atoms with E-state index in [1.165, 1.54) is 6.92 Å². The number of carboxylic acids is 1. The average molecular weight is 506 g/mol. The minimum atomic E-state index is -1.04. The number of carboxylic acid groups (broad SMARTS) is 1. The van der Waals surface area contributed by atoms with Crippen LogP contribution in [0.1, 0.15) is 30.4 Å². The molecule has 2 heterocycles. The number of aromatic nitrogens is 1. The third-order valence-corrected chi connectivity index (χ3v) is 6.74. The van der Waals surface area contributed by atoms with Crippen molar-refractivity contribution >= 4 is 34.4 Å². The molecule has 10 heteroatoms. The molecule has 1 fully saturated rings. The first-order valence-corrected chi connectivity index (χ1v) is 12.0. The van der Waals surface area contributed by atoms with Gasteiger partial charge in [-0.3, -0.25) is 24.2 Å². The number of aliphatic carboxylic acids is 1. The van der Waals surface area contributed by atoms with Crippen LogP contribution in [0.25, 0.3) is 10.8 Å².